The first-order valence-corrected chi connectivity index (χ1v) is 5.18. The fourth-order valence-corrected chi connectivity index (χ4v) is 1.46. The molecule has 0 N–H and O–H groups in total. The molecule has 92 valence electrons. The van der Waals surface area contributed by atoms with Crippen molar-refractivity contribution >= 4 is 17.3 Å². The van der Waals surface area contributed by atoms with Crippen LogP contribution in [0.4, 0.5) is 5.69 Å². The van der Waals surface area contributed by atoms with E-state index in [0.29, 0.717) is 5.56 Å². The van der Waals surface area contributed by atoms with E-state index < -0.39 is 4.92 Å². The Bertz CT molecular complexity index is 605. The summed E-state index contributed by atoms with van der Waals surface area (Å²) in [4.78, 5) is 21.8. The smallest absolute Gasteiger partial charge is 0.321 e. The molecule has 0 aliphatic heterocycles. The van der Waals surface area contributed by atoms with Crippen LogP contribution < -0.4 is 4.74 Å². The number of halogens is 1. The predicted octanol–water partition coefficient (Wildman–Crippen LogP) is 2.11. The van der Waals surface area contributed by atoms with Crippen LogP contribution >= 0.6 is 11.6 Å². The van der Waals surface area contributed by atoms with Gasteiger partial charge in [0.1, 0.15) is 0 Å². The fraction of sp³-hybridized carbons (Fsp3) is 0.100. The van der Waals surface area contributed by atoms with Crippen molar-refractivity contribution in [3.63, 3.8) is 0 Å². The third-order valence-corrected chi connectivity index (χ3v) is 2.25. The molecular weight excluding hydrogens is 260 g/mol. The van der Waals surface area contributed by atoms with E-state index in [0.717, 1.165) is 0 Å². The number of nitrogens with zero attached hydrogens (tertiary/aromatic N) is 4. The van der Waals surface area contributed by atoms with Crippen LogP contribution in [0.1, 0.15) is 0 Å². The lowest BCUT2D eigenvalue weighted by molar-refractivity contribution is -0.384. The summed E-state index contributed by atoms with van der Waals surface area (Å²) in [5.74, 6) is 0.218. The van der Waals surface area contributed by atoms with Crippen LogP contribution in [0.3, 0.4) is 0 Å². The molecular formula is C10H7ClN4O3. The van der Waals surface area contributed by atoms with Crippen molar-refractivity contribution in [2.75, 3.05) is 7.11 Å². The Morgan fingerprint density at radius 3 is 2.78 bits per heavy atom. The first-order valence-electron chi connectivity index (χ1n) is 4.80. The molecule has 0 fully saturated rings. The van der Waals surface area contributed by atoms with E-state index in [2.05, 4.69) is 15.0 Å². The molecule has 0 unspecified atom stereocenters. The van der Waals surface area contributed by atoms with Gasteiger partial charge in [0, 0.05) is 17.7 Å². The van der Waals surface area contributed by atoms with E-state index in [-0.39, 0.29) is 22.8 Å². The Balaban J connectivity index is 2.51. The van der Waals surface area contributed by atoms with Crippen molar-refractivity contribution in [1.29, 1.82) is 0 Å². The Kier molecular flexibility index (Phi) is 3.33. The maximum absolute atomic E-state index is 10.7. The molecule has 1 aromatic heterocycles. The van der Waals surface area contributed by atoms with E-state index in [9.17, 15) is 10.1 Å². The number of hydrogen-bond donors (Lipinski definition) is 0. The first kappa shape index (κ1) is 12.2. The molecule has 7 nitrogen and oxygen atoms in total. The van der Waals surface area contributed by atoms with Crippen molar-refractivity contribution in [2.45, 2.75) is 0 Å². The molecule has 2 aromatic rings. The van der Waals surface area contributed by atoms with Gasteiger partial charge in [-0.05, 0) is 11.6 Å². The molecule has 0 amide bonds. The number of ether oxygens (including phenoxy) is 1. The standard InChI is InChI=1S/C10H7ClN4O3/c1-18-10-13-8(12-9(11)14-10)6-3-2-4-7(5-6)15(16)17/h2-5H,1H3. The minimum absolute atomic E-state index is 0.0386. The number of nitro groups is 1. The second-order valence-electron chi connectivity index (χ2n) is 3.22. The molecule has 0 saturated heterocycles. The number of non-ortho nitro benzene ring substituents is 1. The predicted molar refractivity (Wildman–Crippen MR) is 63.5 cm³/mol. The average molecular weight is 267 g/mol. The highest BCUT2D eigenvalue weighted by Gasteiger charge is 2.11. The molecule has 2 rings (SSSR count). The van der Waals surface area contributed by atoms with Gasteiger partial charge >= 0.3 is 6.01 Å². The highest BCUT2D eigenvalue weighted by molar-refractivity contribution is 6.28. The minimum atomic E-state index is -0.496. The Hall–Kier alpha value is -2.28. The summed E-state index contributed by atoms with van der Waals surface area (Å²) in [7, 11) is 1.39. The Morgan fingerprint density at radius 1 is 1.33 bits per heavy atom. The van der Waals surface area contributed by atoms with Gasteiger partial charge in [-0.2, -0.15) is 15.0 Å². The number of methoxy groups -OCH3 is 1. The van der Waals surface area contributed by atoms with E-state index in [1.807, 2.05) is 0 Å². The van der Waals surface area contributed by atoms with Crippen LogP contribution in [0.25, 0.3) is 11.4 Å². The van der Waals surface area contributed by atoms with Gasteiger partial charge in [0.25, 0.3) is 5.69 Å². The van der Waals surface area contributed by atoms with E-state index >= 15 is 0 Å². The van der Waals surface area contributed by atoms with Gasteiger partial charge in [0.2, 0.25) is 5.28 Å². The Morgan fingerprint density at radius 2 is 2.11 bits per heavy atom. The highest BCUT2D eigenvalue weighted by atomic mass is 35.5. The molecule has 8 heteroatoms. The SMILES string of the molecule is COc1nc(Cl)nc(-c2cccc([N+](=O)[O-])c2)n1. The van der Waals surface area contributed by atoms with E-state index in [1.54, 1.807) is 6.07 Å². The molecule has 0 atom stereocenters. The number of rotatable bonds is 3. The van der Waals surface area contributed by atoms with Crippen molar-refractivity contribution in [1.82, 2.24) is 15.0 Å². The number of hydrogen-bond acceptors (Lipinski definition) is 6. The number of aromatic nitrogens is 3. The van der Waals surface area contributed by atoms with Crippen molar-refractivity contribution in [2.24, 2.45) is 0 Å². The van der Waals surface area contributed by atoms with Gasteiger partial charge in [-0.3, -0.25) is 10.1 Å². The normalized spacial score (nSPS) is 10.1. The minimum Gasteiger partial charge on any atom is -0.467 e. The van der Waals surface area contributed by atoms with E-state index in [4.69, 9.17) is 16.3 Å². The lowest BCUT2D eigenvalue weighted by Crippen LogP contribution is -1.98. The second kappa shape index (κ2) is 4.92. The summed E-state index contributed by atoms with van der Waals surface area (Å²) in [6.07, 6.45) is 0. The summed E-state index contributed by atoms with van der Waals surface area (Å²) < 4.78 is 4.85. The van der Waals surface area contributed by atoms with Crippen LogP contribution in [0.15, 0.2) is 24.3 Å². The topological polar surface area (TPSA) is 91.0 Å². The van der Waals surface area contributed by atoms with Gasteiger partial charge in [-0.1, -0.05) is 12.1 Å². The maximum Gasteiger partial charge on any atom is 0.321 e. The third kappa shape index (κ3) is 2.51. The van der Waals surface area contributed by atoms with Gasteiger partial charge in [0.15, 0.2) is 5.82 Å². The molecule has 1 aromatic carbocycles. The van der Waals surface area contributed by atoms with Crippen LogP contribution in [0.2, 0.25) is 5.28 Å². The highest BCUT2D eigenvalue weighted by Crippen LogP contribution is 2.22. The van der Waals surface area contributed by atoms with Crippen LogP contribution in [-0.2, 0) is 0 Å². The number of nitro benzene ring substituents is 1. The lowest BCUT2D eigenvalue weighted by Gasteiger charge is -2.02. The van der Waals surface area contributed by atoms with Crippen LogP contribution in [0.5, 0.6) is 6.01 Å². The maximum atomic E-state index is 10.7. The van der Waals surface area contributed by atoms with Gasteiger partial charge < -0.3 is 4.74 Å². The summed E-state index contributed by atoms with van der Waals surface area (Å²) in [5, 5.41) is 10.6. The van der Waals surface area contributed by atoms with E-state index in [1.165, 1.54) is 25.3 Å². The van der Waals surface area contributed by atoms with Gasteiger partial charge in [-0.15, -0.1) is 0 Å². The molecule has 1 heterocycles. The molecule has 0 spiro atoms. The summed E-state index contributed by atoms with van der Waals surface area (Å²) >= 11 is 5.70. The molecule has 0 aliphatic rings. The summed E-state index contributed by atoms with van der Waals surface area (Å²) in [6, 6.07) is 5.96. The quantitative estimate of drug-likeness (QED) is 0.624. The zero-order valence-corrected chi connectivity index (χ0v) is 9.96. The third-order valence-electron chi connectivity index (χ3n) is 2.09. The second-order valence-corrected chi connectivity index (χ2v) is 3.56. The molecule has 0 saturated carbocycles. The fourth-order valence-electron chi connectivity index (χ4n) is 1.31. The molecule has 18 heavy (non-hydrogen) atoms. The zero-order valence-electron chi connectivity index (χ0n) is 9.20. The monoisotopic (exact) mass is 266 g/mol. The average Bonchev–Trinajstić information content (AvgIpc) is 2.38. The summed E-state index contributed by atoms with van der Waals surface area (Å²) in [6.45, 7) is 0. The summed E-state index contributed by atoms with van der Waals surface area (Å²) in [5.41, 5.74) is 0.412. The largest absolute Gasteiger partial charge is 0.467 e. The van der Waals surface area contributed by atoms with Gasteiger partial charge in [-0.25, -0.2) is 0 Å². The van der Waals surface area contributed by atoms with Crippen LogP contribution in [0, 0.1) is 10.1 Å². The van der Waals surface area contributed by atoms with Crippen LogP contribution in [-0.4, -0.2) is 27.0 Å². The van der Waals surface area contributed by atoms with Crippen molar-refractivity contribution in [3.8, 4) is 17.4 Å². The molecule has 0 radical (unpaired) electrons. The lowest BCUT2D eigenvalue weighted by atomic mass is 10.2. The van der Waals surface area contributed by atoms with Crippen molar-refractivity contribution in [3.05, 3.63) is 39.7 Å². The Labute approximate surface area is 107 Å². The number of benzene rings is 1. The van der Waals surface area contributed by atoms with Crippen molar-refractivity contribution < 1.29 is 9.66 Å². The first-order chi connectivity index (χ1) is 8.60. The molecule has 0 aliphatic carbocycles. The van der Waals surface area contributed by atoms with Gasteiger partial charge in [0.05, 0.1) is 12.0 Å². The molecule has 0 bridgehead atoms. The zero-order chi connectivity index (χ0) is 13.1.